The lowest BCUT2D eigenvalue weighted by Crippen LogP contribution is -2.39. The number of rotatable bonds is 20. The van der Waals surface area contributed by atoms with E-state index in [1.165, 1.54) is 0 Å². The Hall–Kier alpha value is -3.06. The molecule has 0 aromatic heterocycles. The van der Waals surface area contributed by atoms with E-state index >= 15 is 0 Å². The van der Waals surface area contributed by atoms with Gasteiger partial charge in [0.15, 0.2) is 0 Å². The highest BCUT2D eigenvalue weighted by Crippen LogP contribution is 2.30. The zero-order valence-electron chi connectivity index (χ0n) is 26.2. The molecule has 0 unspecified atom stereocenters. The van der Waals surface area contributed by atoms with E-state index in [0.717, 1.165) is 37.1 Å². The summed E-state index contributed by atoms with van der Waals surface area (Å²) in [6, 6.07) is 20.0. The molecular weight excluding hydrogens is 516 g/mol. The van der Waals surface area contributed by atoms with Crippen LogP contribution in [0.3, 0.4) is 0 Å². The number of hydrogen-bond donors (Lipinski definition) is 0. The molecule has 0 radical (unpaired) electrons. The lowest BCUT2D eigenvalue weighted by atomic mass is 9.91. The van der Waals surface area contributed by atoms with Crippen molar-refractivity contribution in [1.29, 1.82) is 0 Å². The van der Waals surface area contributed by atoms with Gasteiger partial charge in [0.2, 0.25) is 0 Å². The molecule has 0 amide bonds. The minimum absolute atomic E-state index is 0.182. The number of esters is 2. The highest BCUT2D eigenvalue weighted by Gasteiger charge is 2.33. The van der Waals surface area contributed by atoms with Crippen molar-refractivity contribution in [3.05, 3.63) is 60.7 Å². The molecule has 0 saturated carbocycles. The second kappa shape index (κ2) is 17.7. The van der Waals surface area contributed by atoms with Crippen molar-refractivity contribution in [2.24, 2.45) is 0 Å². The van der Waals surface area contributed by atoms with E-state index in [0.29, 0.717) is 52.0 Å². The van der Waals surface area contributed by atoms with E-state index < -0.39 is 5.60 Å². The van der Waals surface area contributed by atoms with E-state index in [1.54, 1.807) is 0 Å². The summed E-state index contributed by atoms with van der Waals surface area (Å²) >= 11 is 0. The normalized spacial score (nSPS) is 11.7. The van der Waals surface area contributed by atoms with Crippen LogP contribution in [-0.2, 0) is 23.8 Å². The van der Waals surface area contributed by atoms with Gasteiger partial charge < -0.3 is 24.0 Å². The van der Waals surface area contributed by atoms with Gasteiger partial charge in [-0.15, -0.1) is 0 Å². The predicted octanol–water partition coefficient (Wildman–Crippen LogP) is 7.04. The molecule has 7 nitrogen and oxygen atoms in total. The van der Waals surface area contributed by atoms with Gasteiger partial charge in [0.25, 0.3) is 0 Å². The molecule has 0 N–H and O–H groups in total. The van der Waals surface area contributed by atoms with E-state index in [4.69, 9.17) is 14.2 Å². The fourth-order valence-corrected chi connectivity index (χ4v) is 4.99. The average Bonchev–Trinajstić information content (AvgIpc) is 3.02. The van der Waals surface area contributed by atoms with Gasteiger partial charge in [-0.3, -0.25) is 9.59 Å². The molecule has 0 fully saturated rings. The maximum Gasteiger partial charge on any atom is 0.308 e. The third-order valence-electron chi connectivity index (χ3n) is 8.39. The first-order valence-electron chi connectivity index (χ1n) is 15.3. The Morgan fingerprint density at radius 3 is 1.54 bits per heavy atom. The zero-order chi connectivity index (χ0) is 30.1. The van der Waals surface area contributed by atoms with Crippen molar-refractivity contribution in [2.75, 3.05) is 50.2 Å². The number of para-hydroxylation sites is 2. The number of benzene rings is 2. The number of carbonyl (C=O) groups excluding carboxylic acids is 2. The van der Waals surface area contributed by atoms with Gasteiger partial charge >= 0.3 is 11.9 Å². The number of nitrogens with zero attached hydrogens (tertiary/aromatic N) is 2. The molecule has 0 aliphatic rings. The number of hydrogen-bond acceptors (Lipinski definition) is 7. The van der Waals surface area contributed by atoms with E-state index in [2.05, 4.69) is 37.5 Å². The molecule has 2 rings (SSSR count). The van der Waals surface area contributed by atoms with E-state index in [-0.39, 0.29) is 17.5 Å². The Kier molecular flexibility index (Phi) is 14.7. The largest absolute Gasteiger partial charge is 0.466 e. The monoisotopic (exact) mass is 568 g/mol. The summed E-state index contributed by atoms with van der Waals surface area (Å²) in [5, 5.41) is 0. The summed E-state index contributed by atoms with van der Waals surface area (Å²) in [6.45, 7) is 10.3. The van der Waals surface area contributed by atoms with Gasteiger partial charge in [0, 0.05) is 51.4 Å². The molecule has 0 aliphatic heterocycles. The summed E-state index contributed by atoms with van der Waals surface area (Å²) in [4.78, 5) is 29.3. The van der Waals surface area contributed by atoms with Gasteiger partial charge in [-0.1, -0.05) is 64.1 Å². The number of ether oxygens (including phenoxy) is 3. The second-order valence-corrected chi connectivity index (χ2v) is 10.8. The van der Waals surface area contributed by atoms with Crippen molar-refractivity contribution in [1.82, 2.24) is 0 Å². The predicted molar refractivity (Wildman–Crippen MR) is 168 cm³/mol. The van der Waals surface area contributed by atoms with Crippen molar-refractivity contribution >= 4 is 23.3 Å². The first-order valence-corrected chi connectivity index (χ1v) is 15.3. The molecule has 0 bridgehead atoms. The third-order valence-corrected chi connectivity index (χ3v) is 8.39. The lowest BCUT2D eigenvalue weighted by molar-refractivity contribution is -0.165. The highest BCUT2D eigenvalue weighted by molar-refractivity contribution is 5.71. The minimum atomic E-state index is -0.549. The summed E-state index contributed by atoms with van der Waals surface area (Å²) in [7, 11) is 3.96. The van der Waals surface area contributed by atoms with Crippen LogP contribution in [0.15, 0.2) is 60.7 Å². The third kappa shape index (κ3) is 11.4. The summed E-state index contributed by atoms with van der Waals surface area (Å²) in [5.74, 6) is -0.381. The van der Waals surface area contributed by atoms with Crippen LogP contribution < -0.4 is 9.80 Å². The molecular formula is C34H52N2O5. The first-order chi connectivity index (χ1) is 19.7. The molecule has 228 valence electrons. The van der Waals surface area contributed by atoms with Crippen LogP contribution in [0, 0.1) is 0 Å². The summed E-state index contributed by atoms with van der Waals surface area (Å²) in [5.41, 5.74) is 1.22. The molecule has 2 aromatic rings. The van der Waals surface area contributed by atoms with Crippen molar-refractivity contribution in [2.45, 2.75) is 90.3 Å². The Bertz CT molecular complexity index is 1010. The topological polar surface area (TPSA) is 68.3 Å². The maximum absolute atomic E-state index is 12.8. The van der Waals surface area contributed by atoms with Crippen LogP contribution in [-0.4, -0.2) is 63.5 Å². The Morgan fingerprint density at radius 2 is 1.07 bits per heavy atom. The molecule has 41 heavy (non-hydrogen) atoms. The van der Waals surface area contributed by atoms with Gasteiger partial charge in [0.05, 0.1) is 31.7 Å². The average molecular weight is 569 g/mol. The molecule has 7 heteroatoms. The molecule has 2 aromatic carbocycles. The summed E-state index contributed by atoms with van der Waals surface area (Å²) < 4.78 is 18.1. The first kappa shape index (κ1) is 34.1. The van der Waals surface area contributed by atoms with Crippen molar-refractivity contribution in [3.63, 3.8) is 0 Å². The van der Waals surface area contributed by atoms with E-state index in [9.17, 15) is 9.59 Å². The van der Waals surface area contributed by atoms with Crippen LogP contribution in [0.25, 0.3) is 0 Å². The van der Waals surface area contributed by atoms with Gasteiger partial charge in [-0.05, 0) is 49.9 Å². The van der Waals surface area contributed by atoms with Crippen LogP contribution >= 0.6 is 0 Å². The Balaban J connectivity index is 1.80. The molecule has 0 heterocycles. The van der Waals surface area contributed by atoms with Crippen molar-refractivity contribution < 1.29 is 23.8 Å². The number of carbonyl (C=O) groups is 2. The van der Waals surface area contributed by atoms with Crippen molar-refractivity contribution in [3.8, 4) is 0 Å². The lowest BCUT2D eigenvalue weighted by Gasteiger charge is -2.36. The van der Waals surface area contributed by atoms with Gasteiger partial charge in [-0.25, -0.2) is 0 Å². The van der Waals surface area contributed by atoms with Crippen LogP contribution in [0.5, 0.6) is 0 Å². The minimum Gasteiger partial charge on any atom is -0.466 e. The van der Waals surface area contributed by atoms with E-state index in [1.807, 2.05) is 74.8 Å². The van der Waals surface area contributed by atoms with Gasteiger partial charge in [-0.2, -0.15) is 0 Å². The standard InChI is InChI=1S/C34H52N2O5/c1-7-33(8-2,23-27-39-31(37)21-25-35(5)29-17-13-11-14-18-29)40-28-24-34(9-3,10-4)41-32(38)22-26-36(6)30-19-15-12-16-20-30/h11-20H,7-10,21-28H2,1-6H3. The Morgan fingerprint density at radius 1 is 0.634 bits per heavy atom. The molecule has 0 atom stereocenters. The highest BCUT2D eigenvalue weighted by atomic mass is 16.6. The quantitative estimate of drug-likeness (QED) is 0.159. The van der Waals surface area contributed by atoms with Crippen LogP contribution in [0.1, 0.15) is 79.1 Å². The summed E-state index contributed by atoms with van der Waals surface area (Å²) in [6.07, 6.45) is 5.02. The zero-order valence-corrected chi connectivity index (χ0v) is 26.2. The molecule has 0 saturated heterocycles. The molecule has 0 aliphatic carbocycles. The Labute approximate surface area is 248 Å². The fourth-order valence-electron chi connectivity index (χ4n) is 4.99. The fraction of sp³-hybridized carbons (Fsp3) is 0.588. The van der Waals surface area contributed by atoms with Crippen LogP contribution in [0.4, 0.5) is 11.4 Å². The van der Waals surface area contributed by atoms with Crippen LogP contribution in [0.2, 0.25) is 0 Å². The SMILES string of the molecule is CCC(CC)(CCOC(=O)CCN(C)c1ccccc1)OCCC(CC)(CC)OC(=O)CCN(C)c1ccccc1. The smallest absolute Gasteiger partial charge is 0.308 e. The second-order valence-electron chi connectivity index (χ2n) is 10.8. The van der Waals surface area contributed by atoms with Gasteiger partial charge in [0.1, 0.15) is 5.60 Å². The molecule has 0 spiro atoms. The maximum atomic E-state index is 12.8. The number of anilines is 2.